The average Bonchev–Trinajstić information content (AvgIpc) is 2.80. The lowest BCUT2D eigenvalue weighted by molar-refractivity contribution is -0.136. The van der Waals surface area contributed by atoms with Gasteiger partial charge in [-0.15, -0.1) is 0 Å². The van der Waals surface area contributed by atoms with E-state index >= 15 is 0 Å². The molecule has 1 amide bonds. The van der Waals surface area contributed by atoms with Crippen LogP contribution in [0.3, 0.4) is 0 Å². The quantitative estimate of drug-likeness (QED) is 0.623. The predicted molar refractivity (Wildman–Crippen MR) is 125 cm³/mol. The van der Waals surface area contributed by atoms with E-state index in [1.807, 2.05) is 25.1 Å². The lowest BCUT2D eigenvalue weighted by Gasteiger charge is -2.60. The number of benzene rings is 2. The van der Waals surface area contributed by atoms with Crippen molar-refractivity contribution in [3.63, 3.8) is 0 Å². The van der Waals surface area contributed by atoms with Crippen LogP contribution in [0.25, 0.3) is 0 Å². The van der Waals surface area contributed by atoms with Crippen molar-refractivity contribution in [2.75, 3.05) is 0 Å². The highest BCUT2D eigenvalue weighted by atomic mass is 16.5. The van der Waals surface area contributed by atoms with Crippen molar-refractivity contribution in [1.29, 1.82) is 0 Å². The second-order valence-electron chi connectivity index (χ2n) is 10.5. The number of rotatable bonds is 8. The fourth-order valence-corrected chi connectivity index (χ4v) is 6.97. The Kier molecular flexibility index (Phi) is 5.98. The fraction of sp³-hybridized carbons (Fsp3) is 0.536. The van der Waals surface area contributed by atoms with E-state index in [9.17, 15) is 9.90 Å². The normalized spacial score (nSPS) is 31.3. The Hall–Kier alpha value is -2.33. The van der Waals surface area contributed by atoms with Crippen LogP contribution in [0.15, 0.2) is 54.6 Å². The maximum absolute atomic E-state index is 12.3. The van der Waals surface area contributed by atoms with E-state index in [1.54, 1.807) is 0 Å². The molecule has 4 nitrogen and oxygen atoms in total. The van der Waals surface area contributed by atoms with Crippen LogP contribution in [0, 0.1) is 23.2 Å². The summed E-state index contributed by atoms with van der Waals surface area (Å²) in [6, 6.07) is 19.2. The van der Waals surface area contributed by atoms with Crippen LogP contribution in [0.2, 0.25) is 0 Å². The number of aliphatic hydroxyl groups excluding tert-OH is 1. The van der Waals surface area contributed by atoms with Crippen LogP contribution in [0.5, 0.6) is 5.75 Å². The largest absolute Gasteiger partial charge is 0.489 e. The topological polar surface area (TPSA) is 58.6 Å². The molecule has 4 aliphatic rings. The molecule has 4 bridgehead atoms. The van der Waals surface area contributed by atoms with Gasteiger partial charge in [0.05, 0.1) is 0 Å². The number of carbonyl (C=O) groups excluding carboxylic acids is 1. The Labute approximate surface area is 191 Å². The Morgan fingerprint density at radius 1 is 1.03 bits per heavy atom. The van der Waals surface area contributed by atoms with Crippen molar-refractivity contribution in [2.45, 2.75) is 70.6 Å². The highest BCUT2D eigenvalue weighted by Gasteiger charge is 2.55. The van der Waals surface area contributed by atoms with Gasteiger partial charge in [0.2, 0.25) is 5.91 Å². The predicted octanol–water partition coefficient (Wildman–Crippen LogP) is 4.89. The minimum absolute atomic E-state index is 0.176. The fourth-order valence-electron chi connectivity index (χ4n) is 6.97. The molecule has 0 aromatic heterocycles. The van der Waals surface area contributed by atoms with Gasteiger partial charge in [-0.05, 0) is 91.4 Å². The zero-order valence-corrected chi connectivity index (χ0v) is 19.0. The van der Waals surface area contributed by atoms with Crippen LogP contribution < -0.4 is 10.1 Å². The molecule has 0 aliphatic heterocycles. The molecule has 4 aliphatic carbocycles. The van der Waals surface area contributed by atoms with Gasteiger partial charge in [-0.25, -0.2) is 0 Å². The molecule has 0 spiro atoms. The first-order valence-electron chi connectivity index (χ1n) is 12.3. The smallest absolute Gasteiger partial charge is 0.249 e. The summed E-state index contributed by atoms with van der Waals surface area (Å²) >= 11 is 0. The van der Waals surface area contributed by atoms with Gasteiger partial charge < -0.3 is 15.2 Å². The van der Waals surface area contributed by atoms with Gasteiger partial charge in [-0.2, -0.15) is 0 Å². The number of ether oxygens (including phenoxy) is 1. The maximum Gasteiger partial charge on any atom is 0.249 e. The Morgan fingerprint density at radius 2 is 1.72 bits per heavy atom. The molecule has 170 valence electrons. The maximum atomic E-state index is 12.3. The second kappa shape index (κ2) is 8.90. The summed E-state index contributed by atoms with van der Waals surface area (Å²) in [5, 5.41) is 13.2. The average molecular weight is 434 g/mol. The van der Waals surface area contributed by atoms with E-state index in [0.29, 0.717) is 30.3 Å². The molecule has 2 N–H and O–H groups in total. The molecular weight excluding hydrogens is 398 g/mol. The van der Waals surface area contributed by atoms with Gasteiger partial charge in [-0.3, -0.25) is 4.79 Å². The highest BCUT2D eigenvalue weighted by molar-refractivity contribution is 5.80. The SMILES string of the molecule is CCC(O)C(=O)NC1C2CC3CC1CC(Cc1ccc(OCc4ccccc4)cc1)(C3)C2. The van der Waals surface area contributed by atoms with E-state index in [1.165, 1.54) is 43.2 Å². The summed E-state index contributed by atoms with van der Waals surface area (Å²) < 4.78 is 5.96. The number of carbonyl (C=O) groups is 1. The molecule has 0 heterocycles. The lowest BCUT2D eigenvalue weighted by atomic mass is 9.47. The number of aliphatic hydroxyl groups is 1. The number of hydrogen-bond donors (Lipinski definition) is 2. The van der Waals surface area contributed by atoms with Gasteiger partial charge in [0.25, 0.3) is 0 Å². The van der Waals surface area contributed by atoms with Crippen LogP contribution in [-0.4, -0.2) is 23.2 Å². The zero-order chi connectivity index (χ0) is 22.1. The van der Waals surface area contributed by atoms with Gasteiger partial charge in [-0.1, -0.05) is 49.4 Å². The number of nitrogens with one attached hydrogen (secondary N) is 1. The first-order chi connectivity index (χ1) is 15.5. The van der Waals surface area contributed by atoms with Crippen LogP contribution in [0.4, 0.5) is 0 Å². The van der Waals surface area contributed by atoms with E-state index < -0.39 is 6.10 Å². The van der Waals surface area contributed by atoms with Gasteiger partial charge in [0.1, 0.15) is 18.5 Å². The third kappa shape index (κ3) is 4.43. The first kappa shape index (κ1) is 21.5. The van der Waals surface area contributed by atoms with E-state index in [4.69, 9.17) is 4.74 Å². The molecule has 32 heavy (non-hydrogen) atoms. The van der Waals surface area contributed by atoms with E-state index in [-0.39, 0.29) is 11.9 Å². The van der Waals surface area contributed by atoms with Crippen LogP contribution in [0.1, 0.15) is 56.6 Å². The molecule has 4 heteroatoms. The van der Waals surface area contributed by atoms with Gasteiger partial charge >= 0.3 is 0 Å². The van der Waals surface area contributed by atoms with Crippen LogP contribution >= 0.6 is 0 Å². The summed E-state index contributed by atoms with van der Waals surface area (Å²) in [7, 11) is 0. The van der Waals surface area contributed by atoms with Crippen molar-refractivity contribution in [3.05, 3.63) is 65.7 Å². The minimum Gasteiger partial charge on any atom is -0.489 e. The molecule has 3 unspecified atom stereocenters. The monoisotopic (exact) mass is 433 g/mol. The molecule has 0 radical (unpaired) electrons. The first-order valence-corrected chi connectivity index (χ1v) is 12.3. The summed E-state index contributed by atoms with van der Waals surface area (Å²) in [6.07, 6.45) is 6.90. The summed E-state index contributed by atoms with van der Waals surface area (Å²) in [5.74, 6) is 2.65. The van der Waals surface area contributed by atoms with Gasteiger partial charge in [0.15, 0.2) is 0 Å². The Bertz CT molecular complexity index is 909. The molecule has 4 saturated carbocycles. The third-order valence-electron chi connectivity index (χ3n) is 8.15. The van der Waals surface area contributed by atoms with E-state index in [2.05, 4.69) is 41.7 Å². The molecule has 0 saturated heterocycles. The van der Waals surface area contributed by atoms with Crippen molar-refractivity contribution < 1.29 is 14.6 Å². The molecule has 3 atom stereocenters. The zero-order valence-electron chi connectivity index (χ0n) is 19.0. The van der Waals surface area contributed by atoms with Crippen molar-refractivity contribution in [1.82, 2.24) is 5.32 Å². The molecule has 2 aromatic carbocycles. The summed E-state index contributed by atoms with van der Waals surface area (Å²) in [4.78, 5) is 12.3. The second-order valence-corrected chi connectivity index (χ2v) is 10.5. The number of hydrogen-bond acceptors (Lipinski definition) is 3. The molecule has 2 aromatic rings. The minimum atomic E-state index is -0.872. The standard InChI is InChI=1S/C28H35NO3/c1-2-25(30)27(31)29-26-22-12-21-13-23(26)17-28(15-21,16-22)14-19-8-10-24(11-9-19)32-18-20-6-4-3-5-7-20/h3-11,21-23,25-26,30H,2,12-18H2,1H3,(H,29,31). The number of amides is 1. The van der Waals surface area contributed by atoms with Crippen molar-refractivity contribution >= 4 is 5.91 Å². The van der Waals surface area contributed by atoms with Gasteiger partial charge in [0, 0.05) is 6.04 Å². The van der Waals surface area contributed by atoms with Crippen LogP contribution in [-0.2, 0) is 17.8 Å². The lowest BCUT2D eigenvalue weighted by Crippen LogP contribution is -2.60. The molecule has 6 rings (SSSR count). The molecular formula is C28H35NO3. The van der Waals surface area contributed by atoms with Crippen molar-refractivity contribution in [3.8, 4) is 5.75 Å². The van der Waals surface area contributed by atoms with Crippen molar-refractivity contribution in [2.24, 2.45) is 23.2 Å². The Morgan fingerprint density at radius 3 is 2.38 bits per heavy atom. The third-order valence-corrected chi connectivity index (χ3v) is 8.15. The summed E-state index contributed by atoms with van der Waals surface area (Å²) in [6.45, 7) is 2.45. The molecule has 4 fully saturated rings. The highest BCUT2D eigenvalue weighted by Crippen LogP contribution is 2.61. The van der Waals surface area contributed by atoms with E-state index in [0.717, 1.165) is 18.1 Å². The summed E-state index contributed by atoms with van der Waals surface area (Å²) in [5.41, 5.74) is 2.94. The Balaban J connectivity index is 1.21.